The van der Waals surface area contributed by atoms with E-state index in [1.54, 1.807) is 6.20 Å². The molecule has 112 valence electrons. The second-order valence-electron chi connectivity index (χ2n) is 5.56. The molecule has 4 nitrogen and oxygen atoms in total. The Hall–Kier alpha value is -2.01. The maximum atomic E-state index is 12.4. The number of fused-ring (bicyclic) bond motifs is 1. The average molecular weight is 358 g/mol. The summed E-state index contributed by atoms with van der Waals surface area (Å²) in [4.78, 5) is 21.6. The Kier molecular flexibility index (Phi) is 4.07. The van der Waals surface area contributed by atoms with Crippen LogP contribution in [0.1, 0.15) is 25.1 Å². The number of benzene rings is 1. The van der Waals surface area contributed by atoms with Crippen molar-refractivity contribution in [3.8, 4) is 0 Å². The van der Waals surface area contributed by atoms with Gasteiger partial charge in [0.15, 0.2) is 0 Å². The lowest BCUT2D eigenvalue weighted by molar-refractivity contribution is -0.118. The number of hydrogen-bond donors (Lipinski definition) is 1. The fourth-order valence-electron chi connectivity index (χ4n) is 2.45. The maximum absolute atomic E-state index is 12.4. The number of aromatic nitrogens is 1. The molecule has 0 unspecified atom stereocenters. The molecule has 2 heterocycles. The normalized spacial score (nSPS) is 17.5. The van der Waals surface area contributed by atoms with Crippen LogP contribution in [0.4, 0.5) is 5.69 Å². The first-order valence-corrected chi connectivity index (χ1v) is 7.95. The Balaban J connectivity index is 2.23. The van der Waals surface area contributed by atoms with Crippen molar-refractivity contribution in [2.45, 2.75) is 19.9 Å². The highest BCUT2D eigenvalue weighted by Gasteiger charge is 2.28. The van der Waals surface area contributed by atoms with E-state index in [0.29, 0.717) is 0 Å². The van der Waals surface area contributed by atoms with Crippen molar-refractivity contribution in [1.82, 2.24) is 4.98 Å². The van der Waals surface area contributed by atoms with Gasteiger partial charge in [-0.25, -0.2) is 0 Å². The highest BCUT2D eigenvalue weighted by Crippen LogP contribution is 2.28. The van der Waals surface area contributed by atoms with Crippen LogP contribution in [0.5, 0.6) is 0 Å². The van der Waals surface area contributed by atoms with E-state index in [9.17, 15) is 4.79 Å². The SMILES string of the molecule is CC(C)[C@@H]1N=C(c2ccccn2)c2cc(Br)ccc2NC1=O. The lowest BCUT2D eigenvalue weighted by Gasteiger charge is -2.14. The molecule has 0 radical (unpaired) electrons. The molecular formula is C17H16BrN3O. The van der Waals surface area contributed by atoms with Gasteiger partial charge < -0.3 is 5.32 Å². The van der Waals surface area contributed by atoms with Crippen LogP contribution in [-0.2, 0) is 4.79 Å². The topological polar surface area (TPSA) is 54.4 Å². The Morgan fingerprint density at radius 1 is 1.23 bits per heavy atom. The molecule has 1 aromatic heterocycles. The van der Waals surface area contributed by atoms with Crippen LogP contribution in [0.25, 0.3) is 0 Å². The van der Waals surface area contributed by atoms with Crippen LogP contribution >= 0.6 is 15.9 Å². The minimum Gasteiger partial charge on any atom is -0.324 e. The third-order valence-electron chi connectivity index (χ3n) is 3.57. The quantitative estimate of drug-likeness (QED) is 0.891. The first-order valence-electron chi connectivity index (χ1n) is 7.16. The number of hydrogen-bond acceptors (Lipinski definition) is 3. The number of carbonyl (C=O) groups is 1. The van der Waals surface area contributed by atoms with E-state index in [4.69, 9.17) is 4.99 Å². The van der Waals surface area contributed by atoms with Crippen molar-refractivity contribution < 1.29 is 4.79 Å². The van der Waals surface area contributed by atoms with Gasteiger partial charge in [0.25, 0.3) is 0 Å². The number of pyridine rings is 1. The summed E-state index contributed by atoms with van der Waals surface area (Å²) >= 11 is 3.49. The molecule has 0 saturated carbocycles. The van der Waals surface area contributed by atoms with Crippen LogP contribution in [0, 0.1) is 5.92 Å². The number of halogens is 1. The molecule has 2 aromatic rings. The summed E-state index contributed by atoms with van der Waals surface area (Å²) in [5, 5.41) is 2.98. The number of aliphatic imine (C=N–C) groups is 1. The molecular weight excluding hydrogens is 342 g/mol. The van der Waals surface area contributed by atoms with Crippen LogP contribution in [0.3, 0.4) is 0 Å². The Morgan fingerprint density at radius 3 is 2.73 bits per heavy atom. The second-order valence-corrected chi connectivity index (χ2v) is 6.48. The third kappa shape index (κ3) is 2.81. The minimum absolute atomic E-state index is 0.0792. The van der Waals surface area contributed by atoms with Crippen LogP contribution in [-0.4, -0.2) is 22.6 Å². The molecule has 1 amide bonds. The van der Waals surface area contributed by atoms with Gasteiger partial charge in [-0.15, -0.1) is 0 Å². The van der Waals surface area contributed by atoms with Crippen molar-refractivity contribution in [2.75, 3.05) is 5.32 Å². The van der Waals surface area contributed by atoms with Crippen molar-refractivity contribution in [3.63, 3.8) is 0 Å². The molecule has 1 aliphatic rings. The summed E-state index contributed by atoms with van der Waals surface area (Å²) in [6.07, 6.45) is 1.74. The number of nitrogens with zero attached hydrogens (tertiary/aromatic N) is 2. The standard InChI is InChI=1S/C17H16BrN3O/c1-10(2)15-17(22)20-13-7-6-11(18)9-12(13)16(21-15)14-5-3-4-8-19-14/h3-10,15H,1-2H3,(H,20,22)/t15-/m0/s1. The number of carbonyl (C=O) groups excluding carboxylic acids is 1. The van der Waals surface area contributed by atoms with E-state index >= 15 is 0 Å². The summed E-state index contributed by atoms with van der Waals surface area (Å²) in [6.45, 7) is 3.99. The molecule has 0 bridgehead atoms. The summed E-state index contributed by atoms with van der Waals surface area (Å²) in [6, 6.07) is 11.0. The molecule has 0 aliphatic carbocycles. The molecule has 1 aliphatic heterocycles. The number of amides is 1. The number of benzodiazepines with no additional fused rings is 1. The van der Waals surface area contributed by atoms with E-state index in [-0.39, 0.29) is 11.8 Å². The second kappa shape index (κ2) is 6.01. The summed E-state index contributed by atoms with van der Waals surface area (Å²) in [5.41, 5.74) is 3.16. The van der Waals surface area contributed by atoms with E-state index < -0.39 is 6.04 Å². The largest absolute Gasteiger partial charge is 0.324 e. The minimum atomic E-state index is -0.428. The van der Waals surface area contributed by atoms with Gasteiger partial charge in [0.2, 0.25) is 5.91 Å². The number of nitrogens with one attached hydrogen (secondary N) is 1. The predicted molar refractivity (Wildman–Crippen MR) is 91.3 cm³/mol. The van der Waals surface area contributed by atoms with Crippen molar-refractivity contribution in [1.29, 1.82) is 0 Å². The van der Waals surface area contributed by atoms with Crippen molar-refractivity contribution in [3.05, 3.63) is 58.3 Å². The lowest BCUT2D eigenvalue weighted by atomic mass is 10.0. The fourth-order valence-corrected chi connectivity index (χ4v) is 2.82. The predicted octanol–water partition coefficient (Wildman–Crippen LogP) is 3.66. The zero-order valence-corrected chi connectivity index (χ0v) is 14.0. The van der Waals surface area contributed by atoms with Crippen molar-refractivity contribution >= 4 is 33.2 Å². The summed E-state index contributed by atoms with van der Waals surface area (Å²) in [7, 11) is 0. The average Bonchev–Trinajstić information content (AvgIpc) is 2.64. The molecule has 0 fully saturated rings. The first-order chi connectivity index (χ1) is 10.6. The zero-order valence-electron chi connectivity index (χ0n) is 12.4. The summed E-state index contributed by atoms with van der Waals surface area (Å²) in [5.74, 6) is 0.0287. The monoisotopic (exact) mass is 357 g/mol. The number of rotatable bonds is 2. The highest BCUT2D eigenvalue weighted by atomic mass is 79.9. The van der Waals surface area contributed by atoms with Gasteiger partial charge >= 0.3 is 0 Å². The molecule has 22 heavy (non-hydrogen) atoms. The van der Waals surface area contributed by atoms with E-state index in [2.05, 4.69) is 26.2 Å². The molecule has 1 atom stereocenters. The zero-order chi connectivity index (χ0) is 15.7. The van der Waals surface area contributed by atoms with Crippen LogP contribution < -0.4 is 5.32 Å². The van der Waals surface area contributed by atoms with Gasteiger partial charge in [-0.3, -0.25) is 14.8 Å². The Morgan fingerprint density at radius 2 is 2.05 bits per heavy atom. The van der Waals surface area contributed by atoms with Gasteiger partial charge in [0.1, 0.15) is 6.04 Å². The number of anilines is 1. The van der Waals surface area contributed by atoms with Crippen LogP contribution in [0.2, 0.25) is 0 Å². The van der Waals surface area contributed by atoms with Gasteiger partial charge in [-0.2, -0.15) is 0 Å². The lowest BCUT2D eigenvalue weighted by Crippen LogP contribution is -2.30. The van der Waals surface area contributed by atoms with E-state index in [1.807, 2.05) is 50.2 Å². The Labute approximate surface area is 137 Å². The van der Waals surface area contributed by atoms with Crippen molar-refractivity contribution in [2.24, 2.45) is 10.9 Å². The van der Waals surface area contributed by atoms with Gasteiger partial charge in [-0.05, 0) is 36.2 Å². The molecule has 5 heteroatoms. The summed E-state index contributed by atoms with van der Waals surface area (Å²) < 4.78 is 0.937. The maximum Gasteiger partial charge on any atom is 0.249 e. The van der Waals surface area contributed by atoms with Crippen LogP contribution in [0.15, 0.2) is 52.1 Å². The van der Waals surface area contributed by atoms with E-state index in [0.717, 1.165) is 27.1 Å². The molecule has 1 N–H and O–H groups in total. The first kappa shape index (κ1) is 14.9. The smallest absolute Gasteiger partial charge is 0.249 e. The van der Waals surface area contributed by atoms with Gasteiger partial charge in [-0.1, -0.05) is 35.8 Å². The third-order valence-corrected chi connectivity index (χ3v) is 4.06. The Bertz CT molecular complexity index is 741. The molecule has 0 spiro atoms. The highest BCUT2D eigenvalue weighted by molar-refractivity contribution is 9.10. The van der Waals surface area contributed by atoms with Gasteiger partial charge in [0.05, 0.1) is 17.1 Å². The molecule has 0 saturated heterocycles. The fraction of sp³-hybridized carbons (Fsp3) is 0.235. The van der Waals surface area contributed by atoms with Gasteiger partial charge in [0, 0.05) is 16.2 Å². The van der Waals surface area contributed by atoms with E-state index in [1.165, 1.54) is 0 Å². The molecule has 1 aromatic carbocycles. The molecule has 3 rings (SSSR count).